The highest BCUT2D eigenvalue weighted by Crippen LogP contribution is 2.47. The molecule has 0 bridgehead atoms. The van der Waals surface area contributed by atoms with E-state index in [1.165, 1.54) is 11.3 Å². The van der Waals surface area contributed by atoms with E-state index in [1.807, 2.05) is 0 Å². The second kappa shape index (κ2) is 6.87. The van der Waals surface area contributed by atoms with Crippen LogP contribution in [0.2, 0.25) is 18.1 Å². The summed E-state index contributed by atoms with van der Waals surface area (Å²) < 4.78 is 6.50. The quantitative estimate of drug-likeness (QED) is 0.662. The molecule has 0 aliphatic carbocycles. The second-order valence-corrected chi connectivity index (χ2v) is 15.5. The van der Waals surface area contributed by atoms with Crippen molar-refractivity contribution in [1.29, 1.82) is 0 Å². The molecule has 1 aromatic rings. The molecule has 0 saturated carbocycles. The molecule has 0 unspecified atom stereocenters. The fourth-order valence-corrected chi connectivity index (χ4v) is 5.42. The number of aliphatic hydroxyl groups is 1. The minimum atomic E-state index is -1.84. The molecule has 1 fully saturated rings. The first-order valence-corrected chi connectivity index (χ1v) is 13.2. The van der Waals surface area contributed by atoms with Crippen molar-refractivity contribution in [2.24, 2.45) is 5.41 Å². The number of anilines is 1. The summed E-state index contributed by atoms with van der Waals surface area (Å²) in [7, 11) is -1.84. The van der Waals surface area contributed by atoms with Crippen LogP contribution in [0.15, 0.2) is 24.3 Å². The Bertz CT molecular complexity index is 683. The largest absolute Gasteiger partial charge is 0.416 e. The maximum absolute atomic E-state index is 11.5. The normalized spacial score (nSPS) is 26.9. The summed E-state index contributed by atoms with van der Waals surface area (Å²) in [6, 6.07) is 8.60. The zero-order chi connectivity index (χ0) is 20.1. The summed E-state index contributed by atoms with van der Waals surface area (Å²) in [5.74, 6) is 0. The minimum absolute atomic E-state index is 0.0339. The van der Waals surface area contributed by atoms with Crippen LogP contribution in [0, 0.1) is 5.41 Å². The topological polar surface area (TPSA) is 53.5 Å². The predicted octanol–water partition coefficient (Wildman–Crippen LogP) is 4.12. The van der Waals surface area contributed by atoms with Gasteiger partial charge >= 0.3 is 0 Å². The first-order valence-electron chi connectivity index (χ1n) is 10.3. The van der Waals surface area contributed by atoms with Crippen LogP contribution in [0.25, 0.3) is 0 Å². The first-order chi connectivity index (χ1) is 12.4. The highest BCUT2D eigenvalue weighted by molar-refractivity contribution is 6.74. The Labute approximate surface area is 166 Å². The molecular weight excluding hydrogens is 352 g/mol. The molecule has 1 spiro atoms. The predicted molar refractivity (Wildman–Crippen MR) is 116 cm³/mol. The van der Waals surface area contributed by atoms with Gasteiger partial charge in [0.1, 0.15) is 0 Å². The van der Waals surface area contributed by atoms with E-state index in [4.69, 9.17) is 4.43 Å². The maximum atomic E-state index is 11.5. The Morgan fingerprint density at radius 3 is 2.56 bits per heavy atom. The lowest BCUT2D eigenvalue weighted by Crippen LogP contribution is -2.56. The molecule has 1 aromatic carbocycles. The van der Waals surface area contributed by atoms with Crippen molar-refractivity contribution in [3.8, 4) is 0 Å². The summed E-state index contributed by atoms with van der Waals surface area (Å²) in [4.78, 5) is 0. The molecule has 3 N–H and O–H groups in total. The highest BCUT2D eigenvalue weighted by Gasteiger charge is 2.54. The van der Waals surface area contributed by atoms with Gasteiger partial charge in [-0.3, -0.25) is 0 Å². The van der Waals surface area contributed by atoms with Gasteiger partial charge in [0.2, 0.25) is 0 Å². The van der Waals surface area contributed by atoms with E-state index in [9.17, 15) is 5.11 Å². The zero-order valence-corrected chi connectivity index (χ0v) is 19.1. The third-order valence-electron chi connectivity index (χ3n) is 7.32. The Morgan fingerprint density at radius 1 is 1.22 bits per heavy atom. The third-order valence-corrected chi connectivity index (χ3v) is 11.8. The van der Waals surface area contributed by atoms with E-state index in [0.717, 1.165) is 19.5 Å². The van der Waals surface area contributed by atoms with E-state index in [0.29, 0.717) is 6.61 Å². The Kier molecular flexibility index (Phi) is 5.30. The van der Waals surface area contributed by atoms with Gasteiger partial charge in [-0.2, -0.15) is 0 Å². The number of fused-ring (bicyclic) bond motifs is 2. The summed E-state index contributed by atoms with van der Waals surface area (Å²) in [5, 5.41) is 18.8. The smallest absolute Gasteiger partial charge is 0.192 e. The average molecular weight is 391 g/mol. The molecule has 2 aliphatic rings. The standard InChI is InChI=1S/C22H38N2O2Si/c1-20(2,3)27(6,7)26-15-21(4,5)19(25)18-22(12-13-23-18)14-24-17-11-9-8-10-16(17)22/h8-11,18-19,23-25H,12-15H2,1-7H3/t18-,19-,22+/m0/s1. The molecule has 5 heteroatoms. The molecule has 1 saturated heterocycles. The van der Waals surface area contributed by atoms with Crippen molar-refractivity contribution in [2.75, 3.05) is 25.0 Å². The molecule has 3 rings (SSSR count). The highest BCUT2D eigenvalue weighted by atomic mass is 28.4. The van der Waals surface area contributed by atoms with Gasteiger partial charge in [-0.15, -0.1) is 0 Å². The number of aliphatic hydroxyl groups excluding tert-OH is 1. The molecule has 0 aromatic heterocycles. The maximum Gasteiger partial charge on any atom is 0.192 e. The van der Waals surface area contributed by atoms with Crippen molar-refractivity contribution < 1.29 is 9.53 Å². The van der Waals surface area contributed by atoms with Gasteiger partial charge < -0.3 is 20.2 Å². The van der Waals surface area contributed by atoms with E-state index in [1.54, 1.807) is 0 Å². The van der Waals surface area contributed by atoms with Crippen molar-refractivity contribution >= 4 is 14.0 Å². The zero-order valence-electron chi connectivity index (χ0n) is 18.1. The van der Waals surface area contributed by atoms with Crippen LogP contribution in [-0.2, 0) is 9.84 Å². The number of hydrogen-bond donors (Lipinski definition) is 3. The van der Waals surface area contributed by atoms with Crippen molar-refractivity contribution in [3.05, 3.63) is 29.8 Å². The third kappa shape index (κ3) is 3.59. The number of nitrogens with one attached hydrogen (secondary N) is 2. The Balaban J connectivity index is 1.79. The van der Waals surface area contributed by atoms with Gasteiger partial charge in [0.05, 0.1) is 6.10 Å². The van der Waals surface area contributed by atoms with E-state index >= 15 is 0 Å². The Morgan fingerprint density at radius 2 is 1.89 bits per heavy atom. The van der Waals surface area contributed by atoms with Gasteiger partial charge in [0.15, 0.2) is 8.32 Å². The van der Waals surface area contributed by atoms with Crippen molar-refractivity contribution in [2.45, 2.75) is 76.7 Å². The second-order valence-electron chi connectivity index (χ2n) is 10.7. The van der Waals surface area contributed by atoms with Crippen LogP contribution in [-0.4, -0.2) is 45.3 Å². The van der Waals surface area contributed by atoms with Crippen LogP contribution < -0.4 is 10.6 Å². The lowest BCUT2D eigenvalue weighted by molar-refractivity contribution is -0.0214. The molecule has 27 heavy (non-hydrogen) atoms. The summed E-state index contributed by atoms with van der Waals surface area (Å²) in [6.45, 7) is 18.1. The number of benzene rings is 1. The van der Waals surface area contributed by atoms with E-state index < -0.39 is 14.4 Å². The van der Waals surface area contributed by atoms with E-state index in [-0.39, 0.29) is 21.9 Å². The van der Waals surface area contributed by atoms with Gasteiger partial charge in [-0.25, -0.2) is 0 Å². The SMILES string of the molecule is CC(C)(CO[Si](C)(C)C(C)(C)C)[C@@H](O)[C@@H]1NCC[C@]12CNc1ccccc12. The van der Waals surface area contributed by atoms with Crippen LogP contribution in [0.4, 0.5) is 5.69 Å². The van der Waals surface area contributed by atoms with Gasteiger partial charge in [-0.1, -0.05) is 52.8 Å². The molecule has 0 radical (unpaired) electrons. The van der Waals surface area contributed by atoms with Crippen LogP contribution >= 0.6 is 0 Å². The average Bonchev–Trinajstić information content (AvgIpc) is 3.17. The molecule has 0 amide bonds. The van der Waals surface area contributed by atoms with Gasteiger partial charge in [0, 0.05) is 35.7 Å². The molecular formula is C22H38N2O2Si. The van der Waals surface area contributed by atoms with Crippen LogP contribution in [0.1, 0.15) is 46.6 Å². The van der Waals surface area contributed by atoms with Crippen LogP contribution in [0.5, 0.6) is 0 Å². The van der Waals surface area contributed by atoms with E-state index in [2.05, 4.69) is 82.6 Å². The van der Waals surface area contributed by atoms with Crippen LogP contribution in [0.3, 0.4) is 0 Å². The van der Waals surface area contributed by atoms with Crippen molar-refractivity contribution in [1.82, 2.24) is 5.32 Å². The molecule has 4 nitrogen and oxygen atoms in total. The summed E-state index contributed by atoms with van der Waals surface area (Å²) in [5.41, 5.74) is 2.21. The number of rotatable bonds is 5. The number of hydrogen-bond acceptors (Lipinski definition) is 4. The Hall–Kier alpha value is -0.883. The molecule has 152 valence electrons. The minimum Gasteiger partial charge on any atom is -0.416 e. The molecule has 2 heterocycles. The van der Waals surface area contributed by atoms with Crippen molar-refractivity contribution in [3.63, 3.8) is 0 Å². The lowest BCUT2D eigenvalue weighted by atomic mass is 9.69. The first kappa shape index (κ1) is 20.8. The summed E-state index contributed by atoms with van der Waals surface area (Å²) >= 11 is 0. The molecule has 2 aliphatic heterocycles. The monoisotopic (exact) mass is 390 g/mol. The fraction of sp³-hybridized carbons (Fsp3) is 0.727. The lowest BCUT2D eigenvalue weighted by Gasteiger charge is -2.44. The van der Waals surface area contributed by atoms with Gasteiger partial charge in [0.25, 0.3) is 0 Å². The van der Waals surface area contributed by atoms with Gasteiger partial charge in [-0.05, 0) is 42.7 Å². The molecule has 3 atom stereocenters. The fourth-order valence-electron chi connectivity index (χ4n) is 4.26. The summed E-state index contributed by atoms with van der Waals surface area (Å²) in [6.07, 6.45) is 0.579. The number of para-hydroxylation sites is 1.